The highest BCUT2D eigenvalue weighted by atomic mass is 32.2. The van der Waals surface area contributed by atoms with Crippen LogP contribution in [0.1, 0.15) is 29.3 Å². The zero-order valence-electron chi connectivity index (χ0n) is 15.8. The zero-order chi connectivity index (χ0) is 21.4. The molecule has 3 rings (SSSR count). The van der Waals surface area contributed by atoms with Crippen molar-refractivity contribution in [1.82, 2.24) is 10.0 Å². The first-order chi connectivity index (χ1) is 13.6. The first-order valence-corrected chi connectivity index (χ1v) is 10.6. The summed E-state index contributed by atoms with van der Waals surface area (Å²) in [7, 11) is -3.85. The lowest BCUT2D eigenvalue weighted by atomic mass is 10.0. The van der Waals surface area contributed by atoms with Crippen molar-refractivity contribution in [2.75, 3.05) is 6.26 Å². The number of carbonyl (C=O) groups excluding carboxylic acids is 2. The van der Waals surface area contributed by atoms with Gasteiger partial charge in [-0.15, -0.1) is 0 Å². The minimum absolute atomic E-state index is 0.0490. The lowest BCUT2D eigenvalue weighted by Crippen LogP contribution is -2.49. The van der Waals surface area contributed by atoms with Crippen molar-refractivity contribution in [2.24, 2.45) is 0 Å². The molecule has 1 aromatic carbocycles. The molecule has 154 valence electrons. The quantitative estimate of drug-likeness (QED) is 0.403. The number of pyridine rings is 1. The van der Waals surface area contributed by atoms with Crippen LogP contribution in [0.2, 0.25) is 0 Å². The number of rotatable bonds is 6. The van der Waals surface area contributed by atoms with Gasteiger partial charge in [0.05, 0.1) is 5.56 Å². The van der Waals surface area contributed by atoms with E-state index in [1.54, 1.807) is 24.3 Å². The Morgan fingerprint density at radius 3 is 2.55 bits per heavy atom. The summed E-state index contributed by atoms with van der Waals surface area (Å²) in [5.41, 5.74) is 3.49. The van der Waals surface area contributed by atoms with Gasteiger partial charge in [-0.1, -0.05) is 12.1 Å². The standard InChI is InChI=1S/C19H20N2O7S/c1-19(18(24)20-25,29(2,26)27)6-8-21-7-5-13(10-16(21)22)12-3-4-14-11-28-17(23)15(14)9-12/h3-5,7,9-10,25H,6,8,11H2,1-2H3,(H,20,24). The highest BCUT2D eigenvalue weighted by Gasteiger charge is 2.43. The molecule has 29 heavy (non-hydrogen) atoms. The Balaban J connectivity index is 1.85. The summed E-state index contributed by atoms with van der Waals surface area (Å²) in [6.45, 7) is 1.38. The summed E-state index contributed by atoms with van der Waals surface area (Å²) in [4.78, 5) is 36.1. The van der Waals surface area contributed by atoms with Crippen LogP contribution in [0.25, 0.3) is 11.1 Å². The highest BCUT2D eigenvalue weighted by Crippen LogP contribution is 2.26. The second-order valence-electron chi connectivity index (χ2n) is 7.09. The van der Waals surface area contributed by atoms with E-state index in [0.29, 0.717) is 16.7 Å². The topological polar surface area (TPSA) is 132 Å². The number of carbonyl (C=O) groups is 2. The molecule has 2 aromatic rings. The maximum absolute atomic E-state index is 12.5. The number of nitrogens with zero attached hydrogens (tertiary/aromatic N) is 1. The van der Waals surface area contributed by atoms with E-state index < -0.39 is 32.0 Å². The zero-order valence-corrected chi connectivity index (χ0v) is 16.7. The number of hydrogen-bond acceptors (Lipinski definition) is 7. The van der Waals surface area contributed by atoms with E-state index in [2.05, 4.69) is 0 Å². The van der Waals surface area contributed by atoms with Crippen LogP contribution in [-0.2, 0) is 32.5 Å². The molecule has 0 spiro atoms. The normalized spacial score (nSPS) is 15.3. The first kappa shape index (κ1) is 20.7. The Morgan fingerprint density at radius 2 is 1.93 bits per heavy atom. The van der Waals surface area contributed by atoms with E-state index >= 15 is 0 Å². The van der Waals surface area contributed by atoms with Crippen molar-refractivity contribution in [3.05, 3.63) is 58.0 Å². The number of amides is 1. The molecule has 1 aliphatic rings. The van der Waals surface area contributed by atoms with Gasteiger partial charge in [0.25, 0.3) is 11.5 Å². The number of nitrogens with one attached hydrogen (secondary N) is 1. The summed E-state index contributed by atoms with van der Waals surface area (Å²) in [5.74, 6) is -1.47. The average molecular weight is 420 g/mol. The Labute approximate surface area is 166 Å². The summed E-state index contributed by atoms with van der Waals surface area (Å²) in [5, 5.41) is 8.87. The lowest BCUT2D eigenvalue weighted by molar-refractivity contribution is -0.131. The number of hydroxylamine groups is 1. The second kappa shape index (κ2) is 7.45. The second-order valence-corrected chi connectivity index (χ2v) is 9.53. The lowest BCUT2D eigenvalue weighted by Gasteiger charge is -2.25. The van der Waals surface area contributed by atoms with Gasteiger partial charge in [-0.25, -0.2) is 18.7 Å². The van der Waals surface area contributed by atoms with Gasteiger partial charge >= 0.3 is 5.97 Å². The molecule has 10 heteroatoms. The number of aryl methyl sites for hydroxylation is 1. The fourth-order valence-electron chi connectivity index (χ4n) is 3.08. The summed E-state index contributed by atoms with van der Waals surface area (Å²) < 4.78 is 28.4. The Hall–Kier alpha value is -2.98. The fraction of sp³-hybridized carbons (Fsp3) is 0.316. The van der Waals surface area contributed by atoms with Crippen molar-refractivity contribution in [3.63, 3.8) is 0 Å². The van der Waals surface area contributed by atoms with E-state index in [-0.39, 0.29) is 19.6 Å². The van der Waals surface area contributed by atoms with Crippen LogP contribution < -0.4 is 11.0 Å². The first-order valence-electron chi connectivity index (χ1n) is 8.72. The van der Waals surface area contributed by atoms with Gasteiger partial charge in [0.15, 0.2) is 14.6 Å². The molecule has 1 unspecified atom stereocenters. The minimum atomic E-state index is -3.85. The maximum atomic E-state index is 12.5. The third-order valence-electron chi connectivity index (χ3n) is 5.25. The number of fused-ring (bicyclic) bond motifs is 1. The third kappa shape index (κ3) is 3.81. The molecule has 0 aliphatic carbocycles. The van der Waals surface area contributed by atoms with Crippen molar-refractivity contribution < 1.29 is 28.0 Å². The summed E-state index contributed by atoms with van der Waals surface area (Å²) in [6, 6.07) is 8.24. The van der Waals surface area contributed by atoms with Crippen LogP contribution in [0.3, 0.4) is 0 Å². The Kier molecular flexibility index (Phi) is 5.33. The predicted molar refractivity (Wildman–Crippen MR) is 103 cm³/mol. The van der Waals surface area contributed by atoms with Crippen LogP contribution in [0.15, 0.2) is 41.3 Å². The number of benzene rings is 1. The van der Waals surface area contributed by atoms with Gasteiger partial charge in [0, 0.05) is 30.6 Å². The van der Waals surface area contributed by atoms with Gasteiger partial charge in [-0.2, -0.15) is 0 Å². The number of sulfone groups is 1. The largest absolute Gasteiger partial charge is 0.457 e. The van der Waals surface area contributed by atoms with E-state index in [9.17, 15) is 22.8 Å². The smallest absolute Gasteiger partial charge is 0.338 e. The van der Waals surface area contributed by atoms with Crippen molar-refractivity contribution >= 4 is 21.7 Å². The van der Waals surface area contributed by atoms with Crippen molar-refractivity contribution in [2.45, 2.75) is 31.2 Å². The predicted octanol–water partition coefficient (Wildman–Crippen LogP) is 0.885. The molecule has 0 radical (unpaired) electrons. The SMILES string of the molecule is CC(CCn1ccc(-c2ccc3c(c2)C(=O)OC3)cc1=O)(C(=O)NO)S(C)(=O)=O. The number of ether oxygens (including phenoxy) is 1. The number of aromatic nitrogens is 1. The van der Waals surface area contributed by atoms with Crippen molar-refractivity contribution in [1.29, 1.82) is 0 Å². The van der Waals surface area contributed by atoms with Gasteiger partial charge in [0.2, 0.25) is 0 Å². The number of hydrogen-bond donors (Lipinski definition) is 2. The molecule has 0 fully saturated rings. The van der Waals surface area contributed by atoms with E-state index in [4.69, 9.17) is 9.94 Å². The third-order valence-corrected chi connectivity index (χ3v) is 7.27. The summed E-state index contributed by atoms with van der Waals surface area (Å²) in [6.07, 6.45) is 2.18. The molecule has 1 atom stereocenters. The van der Waals surface area contributed by atoms with Gasteiger partial charge < -0.3 is 9.30 Å². The van der Waals surface area contributed by atoms with E-state index in [1.165, 1.54) is 29.2 Å². The Morgan fingerprint density at radius 1 is 1.24 bits per heavy atom. The molecule has 0 saturated heterocycles. The van der Waals surface area contributed by atoms with Crippen LogP contribution in [0.4, 0.5) is 0 Å². The van der Waals surface area contributed by atoms with Crippen LogP contribution >= 0.6 is 0 Å². The Bertz CT molecular complexity index is 1150. The van der Waals surface area contributed by atoms with Gasteiger partial charge in [-0.05, 0) is 36.6 Å². The average Bonchev–Trinajstić information content (AvgIpc) is 3.05. The van der Waals surface area contributed by atoms with Crippen molar-refractivity contribution in [3.8, 4) is 11.1 Å². The highest BCUT2D eigenvalue weighted by molar-refractivity contribution is 7.92. The molecule has 1 aliphatic heterocycles. The molecular formula is C19H20N2O7S. The molecule has 2 heterocycles. The molecular weight excluding hydrogens is 400 g/mol. The van der Waals surface area contributed by atoms with E-state index in [0.717, 1.165) is 11.8 Å². The molecule has 2 N–H and O–H groups in total. The molecule has 9 nitrogen and oxygen atoms in total. The fourth-order valence-corrected chi connectivity index (χ4v) is 3.93. The minimum Gasteiger partial charge on any atom is -0.457 e. The van der Waals surface area contributed by atoms with Gasteiger partial charge in [-0.3, -0.25) is 14.8 Å². The molecule has 1 amide bonds. The van der Waals surface area contributed by atoms with Crippen LogP contribution in [-0.4, -0.2) is 41.1 Å². The maximum Gasteiger partial charge on any atom is 0.338 e. The molecule has 0 bridgehead atoms. The van der Waals surface area contributed by atoms with Crippen LogP contribution in [0, 0.1) is 0 Å². The number of esters is 1. The monoisotopic (exact) mass is 420 g/mol. The van der Waals surface area contributed by atoms with Gasteiger partial charge in [0.1, 0.15) is 6.61 Å². The molecule has 1 aromatic heterocycles. The van der Waals surface area contributed by atoms with E-state index in [1.807, 2.05) is 0 Å². The van der Waals surface area contributed by atoms with Crippen LogP contribution in [0.5, 0.6) is 0 Å². The molecule has 0 saturated carbocycles. The summed E-state index contributed by atoms with van der Waals surface area (Å²) >= 11 is 0. The number of cyclic esters (lactones) is 1.